The average Bonchev–Trinajstić information content (AvgIpc) is 2.68. The molecule has 27 heavy (non-hydrogen) atoms. The number of amides is 1. The summed E-state index contributed by atoms with van der Waals surface area (Å²) in [6.45, 7) is 3.85. The highest BCUT2D eigenvalue weighted by atomic mass is 79.9. The first-order valence-corrected chi connectivity index (χ1v) is 11.9. The number of halogens is 1. The van der Waals surface area contributed by atoms with E-state index in [0.717, 1.165) is 17.3 Å². The van der Waals surface area contributed by atoms with Crippen molar-refractivity contribution in [2.45, 2.75) is 56.0 Å². The van der Waals surface area contributed by atoms with E-state index in [1.54, 1.807) is 24.3 Å². The van der Waals surface area contributed by atoms with Crippen LogP contribution in [0.25, 0.3) is 0 Å². The fourth-order valence-corrected chi connectivity index (χ4v) is 5.51. The Bertz CT molecular complexity index is 740. The van der Waals surface area contributed by atoms with Crippen molar-refractivity contribution in [1.29, 1.82) is 0 Å². The van der Waals surface area contributed by atoms with Crippen molar-refractivity contribution in [2.75, 3.05) is 26.2 Å². The topological polar surface area (TPSA) is 69.7 Å². The van der Waals surface area contributed by atoms with E-state index in [0.29, 0.717) is 37.1 Å². The molecule has 1 saturated carbocycles. The number of carbonyl (C=O) groups is 1. The summed E-state index contributed by atoms with van der Waals surface area (Å²) in [6, 6.07) is 6.77. The summed E-state index contributed by atoms with van der Waals surface area (Å²) in [7, 11) is -3.49. The van der Waals surface area contributed by atoms with Crippen LogP contribution in [0.15, 0.2) is 33.6 Å². The molecule has 1 unspecified atom stereocenters. The van der Waals surface area contributed by atoms with E-state index < -0.39 is 10.0 Å². The van der Waals surface area contributed by atoms with E-state index >= 15 is 0 Å². The first-order valence-electron chi connectivity index (χ1n) is 9.68. The highest BCUT2D eigenvalue weighted by Gasteiger charge is 2.32. The SMILES string of the molecule is CC(C(=O)NC1CCCCC1)N1CCN(S(=O)(=O)c2ccc(Br)cc2)CC1. The molecule has 1 aromatic carbocycles. The normalized spacial score (nSPS) is 21.7. The van der Waals surface area contributed by atoms with Crippen LogP contribution >= 0.6 is 15.9 Å². The maximum Gasteiger partial charge on any atom is 0.243 e. The molecule has 1 N–H and O–H groups in total. The molecule has 1 saturated heterocycles. The molecule has 0 spiro atoms. The number of carbonyl (C=O) groups excluding carboxylic acids is 1. The Hall–Kier alpha value is -0.960. The number of piperazine rings is 1. The summed E-state index contributed by atoms with van der Waals surface area (Å²) in [5.41, 5.74) is 0. The predicted octanol–water partition coefficient (Wildman–Crippen LogP) is 2.59. The molecule has 2 fully saturated rings. The van der Waals surface area contributed by atoms with Gasteiger partial charge in [-0.15, -0.1) is 0 Å². The lowest BCUT2D eigenvalue weighted by Crippen LogP contribution is -2.55. The van der Waals surface area contributed by atoms with Crippen LogP contribution in [0.1, 0.15) is 39.0 Å². The van der Waals surface area contributed by atoms with Gasteiger partial charge < -0.3 is 5.32 Å². The molecule has 150 valence electrons. The minimum atomic E-state index is -3.49. The maximum absolute atomic E-state index is 12.8. The number of hydrogen-bond donors (Lipinski definition) is 1. The third-order valence-electron chi connectivity index (χ3n) is 5.60. The molecular weight excluding hydrogens is 430 g/mol. The first-order chi connectivity index (χ1) is 12.9. The van der Waals surface area contributed by atoms with Gasteiger partial charge in [-0.1, -0.05) is 35.2 Å². The van der Waals surface area contributed by atoms with E-state index in [1.807, 2.05) is 6.92 Å². The Balaban J connectivity index is 1.54. The van der Waals surface area contributed by atoms with Crippen LogP contribution in [0, 0.1) is 0 Å². The summed E-state index contributed by atoms with van der Waals surface area (Å²) < 4.78 is 27.9. The van der Waals surface area contributed by atoms with Crippen LogP contribution in [-0.4, -0.2) is 61.8 Å². The van der Waals surface area contributed by atoms with E-state index in [4.69, 9.17) is 0 Å². The van der Waals surface area contributed by atoms with E-state index in [-0.39, 0.29) is 11.9 Å². The van der Waals surface area contributed by atoms with E-state index in [2.05, 4.69) is 26.1 Å². The van der Waals surface area contributed by atoms with Gasteiger partial charge in [0, 0.05) is 36.7 Å². The number of nitrogens with one attached hydrogen (secondary N) is 1. The van der Waals surface area contributed by atoms with Crippen LogP contribution in [0.2, 0.25) is 0 Å². The van der Waals surface area contributed by atoms with Gasteiger partial charge in [0.2, 0.25) is 15.9 Å². The van der Waals surface area contributed by atoms with Crippen molar-refractivity contribution < 1.29 is 13.2 Å². The number of benzene rings is 1. The molecule has 8 heteroatoms. The van der Waals surface area contributed by atoms with Gasteiger partial charge in [-0.25, -0.2) is 8.42 Å². The highest BCUT2D eigenvalue weighted by Crippen LogP contribution is 2.21. The molecule has 1 aliphatic heterocycles. The van der Waals surface area contributed by atoms with Gasteiger partial charge in [0.05, 0.1) is 10.9 Å². The van der Waals surface area contributed by atoms with Gasteiger partial charge in [0.1, 0.15) is 0 Å². The Labute approximate surface area is 170 Å². The van der Waals surface area contributed by atoms with Crippen molar-refractivity contribution in [1.82, 2.24) is 14.5 Å². The summed E-state index contributed by atoms with van der Waals surface area (Å²) in [4.78, 5) is 14.9. The van der Waals surface area contributed by atoms with Gasteiger partial charge in [-0.2, -0.15) is 4.31 Å². The van der Waals surface area contributed by atoms with Crippen molar-refractivity contribution in [3.63, 3.8) is 0 Å². The largest absolute Gasteiger partial charge is 0.352 e. The Morgan fingerprint density at radius 2 is 1.67 bits per heavy atom. The fourth-order valence-electron chi connectivity index (χ4n) is 3.82. The average molecular weight is 458 g/mol. The van der Waals surface area contributed by atoms with Gasteiger partial charge >= 0.3 is 0 Å². The third-order valence-corrected chi connectivity index (χ3v) is 8.04. The summed E-state index contributed by atoms with van der Waals surface area (Å²) in [5, 5.41) is 3.17. The van der Waals surface area contributed by atoms with Gasteiger partial charge in [-0.05, 0) is 44.0 Å². The first kappa shape index (κ1) is 20.8. The van der Waals surface area contributed by atoms with E-state index in [1.165, 1.54) is 23.6 Å². The second-order valence-corrected chi connectivity index (χ2v) is 10.3. The molecule has 2 aliphatic rings. The Morgan fingerprint density at radius 3 is 2.26 bits per heavy atom. The molecule has 3 rings (SSSR count). The molecule has 6 nitrogen and oxygen atoms in total. The van der Waals surface area contributed by atoms with Gasteiger partial charge in [-0.3, -0.25) is 9.69 Å². The predicted molar refractivity (Wildman–Crippen MR) is 109 cm³/mol. The zero-order chi connectivity index (χ0) is 19.4. The lowest BCUT2D eigenvalue weighted by molar-refractivity contribution is -0.127. The molecule has 0 radical (unpaired) electrons. The lowest BCUT2D eigenvalue weighted by Gasteiger charge is -2.37. The Morgan fingerprint density at radius 1 is 1.07 bits per heavy atom. The molecule has 1 aliphatic carbocycles. The number of rotatable bonds is 5. The minimum absolute atomic E-state index is 0.0612. The summed E-state index contributed by atoms with van der Waals surface area (Å²) in [5.74, 6) is 0.0612. The van der Waals surface area contributed by atoms with E-state index in [9.17, 15) is 13.2 Å². The minimum Gasteiger partial charge on any atom is -0.352 e. The Kier molecular flexibility index (Phi) is 6.94. The number of hydrogen-bond acceptors (Lipinski definition) is 4. The van der Waals surface area contributed by atoms with Crippen LogP contribution in [0.5, 0.6) is 0 Å². The fraction of sp³-hybridized carbons (Fsp3) is 0.632. The van der Waals surface area contributed by atoms with Crippen LogP contribution in [0.4, 0.5) is 0 Å². The molecule has 1 heterocycles. The van der Waals surface area contributed by atoms with Crippen LogP contribution < -0.4 is 5.32 Å². The smallest absolute Gasteiger partial charge is 0.243 e. The second-order valence-electron chi connectivity index (χ2n) is 7.41. The molecule has 0 aromatic heterocycles. The molecule has 0 bridgehead atoms. The highest BCUT2D eigenvalue weighted by molar-refractivity contribution is 9.10. The van der Waals surface area contributed by atoms with Crippen LogP contribution in [0.3, 0.4) is 0 Å². The third kappa shape index (κ3) is 5.10. The zero-order valence-electron chi connectivity index (χ0n) is 15.7. The number of sulfonamides is 1. The van der Waals surface area contributed by atoms with Crippen LogP contribution in [-0.2, 0) is 14.8 Å². The maximum atomic E-state index is 12.8. The lowest BCUT2D eigenvalue weighted by atomic mass is 9.95. The summed E-state index contributed by atoms with van der Waals surface area (Å²) >= 11 is 3.33. The van der Waals surface area contributed by atoms with Crippen molar-refractivity contribution >= 4 is 31.9 Å². The molecule has 1 aromatic rings. The van der Waals surface area contributed by atoms with Crippen molar-refractivity contribution in [3.8, 4) is 0 Å². The van der Waals surface area contributed by atoms with Crippen molar-refractivity contribution in [2.24, 2.45) is 0 Å². The van der Waals surface area contributed by atoms with Crippen molar-refractivity contribution in [3.05, 3.63) is 28.7 Å². The standard InChI is InChI=1S/C19H28BrN3O3S/c1-15(19(24)21-17-5-3-2-4-6-17)22-11-13-23(14-12-22)27(25,26)18-9-7-16(20)8-10-18/h7-10,15,17H,2-6,11-14H2,1H3,(H,21,24). The molecule has 1 atom stereocenters. The van der Waals surface area contributed by atoms with Gasteiger partial charge in [0.15, 0.2) is 0 Å². The number of nitrogens with zero attached hydrogens (tertiary/aromatic N) is 2. The summed E-state index contributed by atoms with van der Waals surface area (Å²) in [6.07, 6.45) is 5.77. The zero-order valence-corrected chi connectivity index (χ0v) is 18.1. The van der Waals surface area contributed by atoms with Gasteiger partial charge in [0.25, 0.3) is 0 Å². The monoisotopic (exact) mass is 457 g/mol. The molecule has 1 amide bonds. The second kappa shape index (κ2) is 9.03. The molecular formula is C19H28BrN3O3S. The quantitative estimate of drug-likeness (QED) is 0.737.